The van der Waals surface area contributed by atoms with Crippen LogP contribution in [-0.4, -0.2) is 22.9 Å². The first-order chi connectivity index (χ1) is 13.7. The Balaban J connectivity index is 1.91. The number of halogens is 2. The lowest BCUT2D eigenvalue weighted by molar-refractivity contribution is 0.262. The lowest BCUT2D eigenvalue weighted by atomic mass is 9.92. The van der Waals surface area contributed by atoms with E-state index in [1.54, 1.807) is 30.0 Å². The molecule has 0 aliphatic heterocycles. The highest BCUT2D eigenvalue weighted by Crippen LogP contribution is 2.28. The van der Waals surface area contributed by atoms with Gasteiger partial charge in [-0.3, -0.25) is 5.32 Å². The Kier molecular flexibility index (Phi) is 6.05. The van der Waals surface area contributed by atoms with Gasteiger partial charge in [0.25, 0.3) is 0 Å². The number of carbonyl (C=O) groups excluding carboxylic acids is 1. The van der Waals surface area contributed by atoms with Crippen LogP contribution in [0, 0.1) is 0 Å². The second-order valence-corrected chi connectivity index (χ2v) is 8.30. The zero-order valence-corrected chi connectivity index (χ0v) is 18.1. The molecule has 29 heavy (non-hydrogen) atoms. The number of methoxy groups -OCH3 is 1. The molecule has 3 rings (SSSR count). The van der Waals surface area contributed by atoms with Crippen LogP contribution in [0.25, 0.3) is 5.69 Å². The van der Waals surface area contributed by atoms with Crippen molar-refractivity contribution in [2.75, 3.05) is 17.7 Å². The monoisotopic (exact) mass is 432 g/mol. The standard InChI is InChI=1S/C21H22Cl2N4O2/c1-21(2,3)18-12-19(27(26-18)14-6-5-7-15(11-14)29-4)25-20(28)24-13-8-9-16(22)17(23)10-13/h5-12H,1-4H3,(H2,24,25,28). The van der Waals surface area contributed by atoms with Gasteiger partial charge in [0.2, 0.25) is 0 Å². The molecule has 0 saturated carbocycles. The van der Waals surface area contributed by atoms with Crippen LogP contribution < -0.4 is 15.4 Å². The first-order valence-electron chi connectivity index (χ1n) is 8.95. The Morgan fingerprint density at radius 1 is 1.03 bits per heavy atom. The van der Waals surface area contributed by atoms with E-state index in [2.05, 4.69) is 31.4 Å². The molecule has 8 heteroatoms. The molecule has 0 atom stereocenters. The summed E-state index contributed by atoms with van der Waals surface area (Å²) >= 11 is 11.9. The van der Waals surface area contributed by atoms with Crippen molar-refractivity contribution in [2.45, 2.75) is 26.2 Å². The largest absolute Gasteiger partial charge is 0.497 e. The molecule has 3 aromatic rings. The minimum absolute atomic E-state index is 0.194. The highest BCUT2D eigenvalue weighted by atomic mass is 35.5. The van der Waals surface area contributed by atoms with Crippen molar-refractivity contribution in [2.24, 2.45) is 0 Å². The first-order valence-corrected chi connectivity index (χ1v) is 9.71. The van der Waals surface area contributed by atoms with Crippen molar-refractivity contribution in [3.05, 3.63) is 64.3 Å². The molecule has 0 fully saturated rings. The van der Waals surface area contributed by atoms with E-state index in [4.69, 9.17) is 33.0 Å². The number of rotatable bonds is 4. The topological polar surface area (TPSA) is 68.2 Å². The van der Waals surface area contributed by atoms with Crippen molar-refractivity contribution in [1.29, 1.82) is 0 Å². The minimum atomic E-state index is -0.423. The van der Waals surface area contributed by atoms with Gasteiger partial charge < -0.3 is 10.1 Å². The SMILES string of the molecule is COc1cccc(-n2nc(C(C)(C)C)cc2NC(=O)Nc2ccc(Cl)c(Cl)c2)c1. The van der Waals surface area contributed by atoms with E-state index in [0.29, 0.717) is 27.3 Å². The minimum Gasteiger partial charge on any atom is -0.497 e. The first kappa shape index (κ1) is 21.0. The Morgan fingerprint density at radius 2 is 1.79 bits per heavy atom. The molecule has 0 saturated heterocycles. The Hall–Kier alpha value is -2.70. The van der Waals surface area contributed by atoms with Crippen LogP contribution in [0.5, 0.6) is 5.75 Å². The van der Waals surface area contributed by atoms with Crippen LogP contribution in [0.2, 0.25) is 10.0 Å². The summed E-state index contributed by atoms with van der Waals surface area (Å²) in [5.41, 5.74) is 1.94. The molecule has 2 aromatic carbocycles. The summed E-state index contributed by atoms with van der Waals surface area (Å²) in [6, 6.07) is 13.8. The maximum atomic E-state index is 12.6. The van der Waals surface area contributed by atoms with E-state index in [9.17, 15) is 4.79 Å². The van der Waals surface area contributed by atoms with Gasteiger partial charge in [0, 0.05) is 23.2 Å². The van der Waals surface area contributed by atoms with Gasteiger partial charge in [0.1, 0.15) is 11.6 Å². The average molecular weight is 433 g/mol. The summed E-state index contributed by atoms with van der Waals surface area (Å²) in [6.45, 7) is 6.18. The van der Waals surface area contributed by atoms with Crippen LogP contribution in [0.4, 0.5) is 16.3 Å². The van der Waals surface area contributed by atoms with Crippen LogP contribution in [-0.2, 0) is 5.41 Å². The van der Waals surface area contributed by atoms with Gasteiger partial charge in [-0.15, -0.1) is 0 Å². The van der Waals surface area contributed by atoms with E-state index in [-0.39, 0.29) is 5.41 Å². The van der Waals surface area contributed by atoms with E-state index in [0.717, 1.165) is 11.4 Å². The number of hydrogen-bond donors (Lipinski definition) is 2. The summed E-state index contributed by atoms with van der Waals surface area (Å²) < 4.78 is 6.99. The smallest absolute Gasteiger partial charge is 0.324 e. The summed E-state index contributed by atoms with van der Waals surface area (Å²) in [4.78, 5) is 12.6. The predicted octanol–water partition coefficient (Wildman–Crippen LogP) is 6.13. The second kappa shape index (κ2) is 8.35. The van der Waals surface area contributed by atoms with Crippen LogP contribution in [0.1, 0.15) is 26.5 Å². The van der Waals surface area contributed by atoms with Crippen molar-refractivity contribution in [3.63, 3.8) is 0 Å². The van der Waals surface area contributed by atoms with Crippen molar-refractivity contribution in [1.82, 2.24) is 9.78 Å². The molecular weight excluding hydrogens is 411 g/mol. The number of anilines is 2. The van der Waals surface area contributed by atoms with Crippen LogP contribution in [0.15, 0.2) is 48.5 Å². The molecule has 1 heterocycles. The molecule has 0 radical (unpaired) electrons. The molecule has 0 bridgehead atoms. The number of urea groups is 1. The fourth-order valence-corrected chi connectivity index (χ4v) is 2.93. The molecule has 1 aromatic heterocycles. The third-order valence-electron chi connectivity index (χ3n) is 4.19. The number of aromatic nitrogens is 2. The van der Waals surface area contributed by atoms with Gasteiger partial charge >= 0.3 is 6.03 Å². The number of hydrogen-bond acceptors (Lipinski definition) is 3. The number of benzene rings is 2. The normalized spacial score (nSPS) is 11.2. The zero-order chi connectivity index (χ0) is 21.2. The number of amides is 2. The third kappa shape index (κ3) is 5.02. The van der Waals surface area contributed by atoms with Crippen LogP contribution >= 0.6 is 23.2 Å². The Labute approximate surface area is 179 Å². The molecule has 2 N–H and O–H groups in total. The third-order valence-corrected chi connectivity index (χ3v) is 4.93. The molecule has 6 nitrogen and oxygen atoms in total. The Bertz CT molecular complexity index is 1040. The lowest BCUT2D eigenvalue weighted by Crippen LogP contribution is -2.21. The quantitative estimate of drug-likeness (QED) is 0.520. The fourth-order valence-electron chi connectivity index (χ4n) is 2.63. The summed E-state index contributed by atoms with van der Waals surface area (Å²) in [5, 5.41) is 11.1. The number of carbonyl (C=O) groups is 1. The lowest BCUT2D eigenvalue weighted by Gasteiger charge is -2.14. The molecule has 0 unspecified atom stereocenters. The summed E-state index contributed by atoms with van der Waals surface area (Å²) in [5.74, 6) is 1.22. The van der Waals surface area contributed by atoms with E-state index >= 15 is 0 Å². The van der Waals surface area contributed by atoms with E-state index in [1.165, 1.54) is 0 Å². The highest BCUT2D eigenvalue weighted by Gasteiger charge is 2.21. The van der Waals surface area contributed by atoms with Crippen molar-refractivity contribution in [3.8, 4) is 11.4 Å². The molecule has 2 amide bonds. The highest BCUT2D eigenvalue weighted by molar-refractivity contribution is 6.42. The maximum absolute atomic E-state index is 12.6. The van der Waals surface area contributed by atoms with Gasteiger partial charge in [0.05, 0.1) is 28.5 Å². The predicted molar refractivity (Wildman–Crippen MR) is 118 cm³/mol. The average Bonchev–Trinajstić information content (AvgIpc) is 3.09. The van der Waals surface area contributed by atoms with Crippen molar-refractivity contribution < 1.29 is 9.53 Å². The zero-order valence-electron chi connectivity index (χ0n) is 16.6. The van der Waals surface area contributed by atoms with Gasteiger partial charge in [-0.1, -0.05) is 50.0 Å². The number of ether oxygens (including phenoxy) is 1. The Morgan fingerprint density at radius 3 is 2.45 bits per heavy atom. The molecule has 152 valence electrons. The van der Waals surface area contributed by atoms with Crippen molar-refractivity contribution >= 4 is 40.7 Å². The second-order valence-electron chi connectivity index (χ2n) is 7.49. The van der Waals surface area contributed by atoms with Gasteiger partial charge in [0.15, 0.2) is 0 Å². The molecule has 0 spiro atoms. The molecular formula is C21H22Cl2N4O2. The molecule has 0 aliphatic rings. The number of nitrogens with zero attached hydrogens (tertiary/aromatic N) is 2. The summed E-state index contributed by atoms with van der Waals surface area (Å²) in [6.07, 6.45) is 0. The van der Waals surface area contributed by atoms with Gasteiger partial charge in [-0.25, -0.2) is 9.48 Å². The van der Waals surface area contributed by atoms with Gasteiger partial charge in [-0.05, 0) is 30.3 Å². The van der Waals surface area contributed by atoms with Gasteiger partial charge in [-0.2, -0.15) is 5.10 Å². The van der Waals surface area contributed by atoms with E-state index in [1.807, 2.05) is 30.3 Å². The number of nitrogens with one attached hydrogen (secondary N) is 2. The molecule has 0 aliphatic carbocycles. The fraction of sp³-hybridized carbons (Fsp3) is 0.238. The van der Waals surface area contributed by atoms with E-state index < -0.39 is 6.03 Å². The van der Waals surface area contributed by atoms with Crippen LogP contribution in [0.3, 0.4) is 0 Å². The maximum Gasteiger partial charge on any atom is 0.324 e. The summed E-state index contributed by atoms with van der Waals surface area (Å²) in [7, 11) is 1.60.